The number of hydrogen-bond donors (Lipinski definition) is 1. The highest BCUT2D eigenvalue weighted by atomic mass is 14.6. The van der Waals surface area contributed by atoms with Gasteiger partial charge in [-0.25, -0.2) is 0 Å². The van der Waals surface area contributed by atoms with Crippen molar-refractivity contribution in [2.24, 2.45) is 0 Å². The number of rotatable bonds is 9. The summed E-state index contributed by atoms with van der Waals surface area (Å²) in [4.78, 5) is 0. The van der Waals surface area contributed by atoms with Gasteiger partial charge in [-0.15, -0.1) is 0 Å². The van der Waals surface area contributed by atoms with Crippen LogP contribution in [0.25, 0.3) is 43.1 Å². The van der Waals surface area contributed by atoms with Gasteiger partial charge >= 0.3 is 0 Å². The average Bonchev–Trinajstić information content (AvgIpc) is 2.80. The minimum Gasteiger partial charge on any atom is -0.398 e. The van der Waals surface area contributed by atoms with Crippen molar-refractivity contribution < 1.29 is 0 Å². The van der Waals surface area contributed by atoms with E-state index in [1.165, 1.54) is 100 Å². The van der Waals surface area contributed by atoms with Gasteiger partial charge in [-0.1, -0.05) is 106 Å². The predicted molar refractivity (Wildman–Crippen MR) is 138 cm³/mol. The van der Waals surface area contributed by atoms with Gasteiger partial charge in [0.05, 0.1) is 0 Å². The molecule has 0 aliphatic rings. The number of benzene rings is 5. The maximum absolute atomic E-state index is 6.73. The molecular weight excluding hydrogens is 374 g/mol. The van der Waals surface area contributed by atoms with Crippen LogP contribution < -0.4 is 5.73 Å². The Balaban J connectivity index is 1.51. The first-order valence-electron chi connectivity index (χ1n) is 12.2. The van der Waals surface area contributed by atoms with E-state index in [9.17, 15) is 0 Å². The number of anilines is 1. The molecule has 0 unspecified atom stereocenters. The first kappa shape index (κ1) is 20.1. The van der Waals surface area contributed by atoms with E-state index in [1.54, 1.807) is 0 Å². The van der Waals surface area contributed by atoms with Crippen LogP contribution >= 0.6 is 0 Å². The minimum absolute atomic E-state index is 0.927. The Morgan fingerprint density at radius 3 is 1.90 bits per heavy atom. The number of nitrogens with two attached hydrogens (primary N) is 1. The van der Waals surface area contributed by atoms with E-state index < -0.39 is 0 Å². The number of fused-ring (bicyclic) bond motifs is 2. The zero-order chi connectivity index (χ0) is 21.2. The second kappa shape index (κ2) is 8.75. The topological polar surface area (TPSA) is 26.0 Å². The van der Waals surface area contributed by atoms with Crippen molar-refractivity contribution in [3.8, 4) is 0 Å². The van der Waals surface area contributed by atoms with Crippen molar-refractivity contribution in [3.63, 3.8) is 0 Å². The van der Waals surface area contributed by atoms with Crippen molar-refractivity contribution in [3.05, 3.63) is 66.2 Å². The van der Waals surface area contributed by atoms with Crippen molar-refractivity contribution in [2.45, 2.75) is 64.7 Å². The summed E-state index contributed by atoms with van der Waals surface area (Å²) >= 11 is 0. The molecule has 0 amide bonds. The monoisotopic (exact) mass is 407 g/mol. The van der Waals surface area contributed by atoms with Crippen LogP contribution in [0, 0.1) is 0 Å². The summed E-state index contributed by atoms with van der Waals surface area (Å²) in [5.41, 5.74) is 9.07. The Kier molecular flexibility index (Phi) is 5.68. The van der Waals surface area contributed by atoms with E-state index in [1.807, 2.05) is 0 Å². The van der Waals surface area contributed by atoms with Gasteiger partial charge in [0.1, 0.15) is 0 Å². The SMILES string of the molecule is CCCCCCCCCCc1cc(N)c2c3cccc4cccc(c5cccc1c52)c43. The molecule has 158 valence electrons. The molecule has 0 spiro atoms. The zero-order valence-corrected chi connectivity index (χ0v) is 18.7. The molecule has 5 aromatic rings. The average molecular weight is 408 g/mol. The molecule has 0 aliphatic carbocycles. The lowest BCUT2D eigenvalue weighted by atomic mass is 9.86. The minimum atomic E-state index is 0.927. The molecule has 0 aromatic heterocycles. The quantitative estimate of drug-likeness (QED) is 0.112. The van der Waals surface area contributed by atoms with Crippen molar-refractivity contribution >= 4 is 48.8 Å². The molecule has 1 heteroatoms. The predicted octanol–water partition coefficient (Wildman–Crippen LogP) is 9.00. The largest absolute Gasteiger partial charge is 0.398 e. The van der Waals surface area contributed by atoms with Gasteiger partial charge < -0.3 is 5.73 Å². The summed E-state index contributed by atoms with van der Waals surface area (Å²) in [5, 5.41) is 10.6. The molecule has 0 radical (unpaired) electrons. The van der Waals surface area contributed by atoms with Gasteiger partial charge in [-0.2, -0.15) is 0 Å². The second-order valence-corrected chi connectivity index (χ2v) is 9.16. The highest BCUT2D eigenvalue weighted by Crippen LogP contribution is 2.43. The Morgan fingerprint density at radius 2 is 1.16 bits per heavy atom. The van der Waals surface area contributed by atoms with Crippen LogP contribution in [0.2, 0.25) is 0 Å². The Morgan fingerprint density at radius 1 is 0.581 bits per heavy atom. The van der Waals surface area contributed by atoms with Gasteiger partial charge in [0.25, 0.3) is 0 Å². The van der Waals surface area contributed by atoms with E-state index in [4.69, 9.17) is 5.73 Å². The Bertz CT molecular complexity index is 1330. The van der Waals surface area contributed by atoms with Gasteiger partial charge in [-0.3, -0.25) is 0 Å². The first-order valence-corrected chi connectivity index (χ1v) is 12.2. The molecular formula is C30H33N. The maximum atomic E-state index is 6.73. The van der Waals surface area contributed by atoms with Gasteiger partial charge in [0.15, 0.2) is 0 Å². The molecule has 0 fully saturated rings. The summed E-state index contributed by atoms with van der Waals surface area (Å²) in [6.45, 7) is 2.28. The number of hydrogen-bond acceptors (Lipinski definition) is 1. The summed E-state index contributed by atoms with van der Waals surface area (Å²) in [6, 6.07) is 22.3. The van der Waals surface area contributed by atoms with Crippen LogP contribution in [0.3, 0.4) is 0 Å². The van der Waals surface area contributed by atoms with Crippen LogP contribution in [-0.2, 0) is 6.42 Å². The van der Waals surface area contributed by atoms with E-state index in [0.29, 0.717) is 0 Å². The Labute approximate surface area is 185 Å². The first-order chi connectivity index (χ1) is 15.3. The Hall–Kier alpha value is -2.80. The van der Waals surface area contributed by atoms with Crippen LogP contribution in [0.5, 0.6) is 0 Å². The fraction of sp³-hybridized carbons (Fsp3) is 0.333. The number of nitrogen functional groups attached to an aromatic ring is 1. The maximum Gasteiger partial charge on any atom is 0.0403 e. The van der Waals surface area contributed by atoms with Crippen LogP contribution in [0.4, 0.5) is 5.69 Å². The molecule has 5 rings (SSSR count). The summed E-state index contributed by atoms with van der Waals surface area (Å²) < 4.78 is 0. The molecule has 0 saturated heterocycles. The van der Waals surface area contributed by atoms with Crippen molar-refractivity contribution in [2.75, 3.05) is 5.73 Å². The van der Waals surface area contributed by atoms with Crippen LogP contribution in [-0.4, -0.2) is 0 Å². The molecule has 0 saturated carbocycles. The second-order valence-electron chi connectivity index (χ2n) is 9.16. The molecule has 31 heavy (non-hydrogen) atoms. The summed E-state index contributed by atoms with van der Waals surface area (Å²) in [7, 11) is 0. The lowest BCUT2D eigenvalue weighted by Crippen LogP contribution is -1.97. The lowest BCUT2D eigenvalue weighted by Gasteiger charge is -2.18. The van der Waals surface area contributed by atoms with Crippen molar-refractivity contribution in [1.82, 2.24) is 0 Å². The van der Waals surface area contributed by atoms with Crippen LogP contribution in [0.1, 0.15) is 63.9 Å². The highest BCUT2D eigenvalue weighted by Gasteiger charge is 2.16. The molecule has 0 bridgehead atoms. The molecule has 2 N–H and O–H groups in total. The van der Waals surface area contributed by atoms with Gasteiger partial charge in [-0.05, 0) is 62.2 Å². The third-order valence-electron chi connectivity index (χ3n) is 7.04. The fourth-order valence-corrected chi connectivity index (χ4v) is 5.52. The summed E-state index contributed by atoms with van der Waals surface area (Å²) in [6.07, 6.45) is 11.9. The smallest absolute Gasteiger partial charge is 0.0403 e. The number of aryl methyl sites for hydroxylation is 1. The zero-order valence-electron chi connectivity index (χ0n) is 18.7. The van der Waals surface area contributed by atoms with E-state index in [-0.39, 0.29) is 0 Å². The standard InChI is InChI=1S/C30H33N/c1-2-3-4-5-6-7-8-9-13-22-20-27(31)30-26-19-11-15-21-14-10-17-24(28(21)26)25-18-12-16-23(22)29(25)30/h10-12,14-20H,2-9,13,31H2,1H3. The summed E-state index contributed by atoms with van der Waals surface area (Å²) in [5.74, 6) is 0. The molecule has 0 heterocycles. The fourth-order valence-electron chi connectivity index (χ4n) is 5.52. The van der Waals surface area contributed by atoms with E-state index >= 15 is 0 Å². The molecule has 1 nitrogen and oxygen atoms in total. The van der Waals surface area contributed by atoms with Gasteiger partial charge in [0, 0.05) is 11.1 Å². The van der Waals surface area contributed by atoms with Crippen molar-refractivity contribution in [1.29, 1.82) is 0 Å². The normalized spacial score (nSPS) is 12.0. The van der Waals surface area contributed by atoms with Crippen LogP contribution in [0.15, 0.2) is 60.7 Å². The molecule has 0 atom stereocenters. The lowest BCUT2D eigenvalue weighted by molar-refractivity contribution is 0.576. The third kappa shape index (κ3) is 3.61. The third-order valence-corrected chi connectivity index (χ3v) is 7.04. The van der Waals surface area contributed by atoms with Gasteiger partial charge in [0.2, 0.25) is 0 Å². The number of unbranched alkanes of at least 4 members (excludes halogenated alkanes) is 7. The molecule has 0 aliphatic heterocycles. The van der Waals surface area contributed by atoms with E-state index in [0.717, 1.165) is 12.1 Å². The molecule has 5 aromatic carbocycles. The highest BCUT2D eigenvalue weighted by molar-refractivity contribution is 6.35. The van der Waals surface area contributed by atoms with E-state index in [2.05, 4.69) is 67.6 Å².